The minimum Gasteiger partial charge on any atom is -0.493 e. The first-order valence-corrected chi connectivity index (χ1v) is 11.4. The lowest BCUT2D eigenvalue weighted by Crippen LogP contribution is -2.18. The predicted octanol–water partition coefficient (Wildman–Crippen LogP) is 4.84. The van der Waals surface area contributed by atoms with Crippen LogP contribution in [0.1, 0.15) is 21.5 Å². The van der Waals surface area contributed by atoms with Gasteiger partial charge in [-0.1, -0.05) is 40.9 Å². The van der Waals surface area contributed by atoms with Crippen molar-refractivity contribution in [2.75, 3.05) is 7.11 Å². The summed E-state index contributed by atoms with van der Waals surface area (Å²) in [6.07, 6.45) is 1.30. The van der Waals surface area contributed by atoms with Gasteiger partial charge in [-0.3, -0.25) is 0 Å². The smallest absolute Gasteiger partial charge is 0.343 e. The highest BCUT2D eigenvalue weighted by Gasteiger charge is 2.15. The first-order chi connectivity index (χ1) is 15.2. The van der Waals surface area contributed by atoms with Gasteiger partial charge < -0.3 is 9.47 Å². The van der Waals surface area contributed by atoms with Crippen LogP contribution in [0.5, 0.6) is 11.5 Å². The molecule has 166 valence electrons. The van der Waals surface area contributed by atoms with Gasteiger partial charge >= 0.3 is 5.97 Å². The fraction of sp³-hybridized carbons (Fsp3) is 0.0909. The minimum absolute atomic E-state index is 0.0994. The molecule has 7 nitrogen and oxygen atoms in total. The van der Waals surface area contributed by atoms with Crippen molar-refractivity contribution in [3.05, 3.63) is 87.4 Å². The third-order valence-electron chi connectivity index (χ3n) is 4.26. The fourth-order valence-corrected chi connectivity index (χ4v) is 3.66. The molecule has 0 heterocycles. The lowest BCUT2D eigenvalue weighted by atomic mass is 10.2. The van der Waals surface area contributed by atoms with Crippen molar-refractivity contribution in [2.24, 2.45) is 5.10 Å². The van der Waals surface area contributed by atoms with E-state index in [2.05, 4.69) is 9.93 Å². The zero-order chi connectivity index (χ0) is 23.3. The number of sulfonamides is 1. The van der Waals surface area contributed by atoms with Crippen molar-refractivity contribution in [1.29, 1.82) is 0 Å². The van der Waals surface area contributed by atoms with Crippen LogP contribution in [0.4, 0.5) is 0 Å². The molecule has 0 unspecified atom stereocenters. The van der Waals surface area contributed by atoms with Gasteiger partial charge in [-0.2, -0.15) is 13.5 Å². The SMILES string of the molecule is COc1cc(C=NNS(=O)(=O)c2ccc(C)cc2)ccc1OC(=O)c1ccc(Cl)c(Cl)c1. The first-order valence-electron chi connectivity index (χ1n) is 9.16. The molecule has 0 aliphatic carbocycles. The molecule has 3 aromatic carbocycles. The van der Waals surface area contributed by atoms with E-state index in [1.54, 1.807) is 24.3 Å². The zero-order valence-corrected chi connectivity index (χ0v) is 19.3. The summed E-state index contributed by atoms with van der Waals surface area (Å²) in [6, 6.07) is 15.4. The highest BCUT2D eigenvalue weighted by atomic mass is 35.5. The molecule has 0 saturated heterocycles. The number of esters is 1. The van der Waals surface area contributed by atoms with Crippen LogP contribution in [0.2, 0.25) is 10.0 Å². The molecule has 0 aromatic heterocycles. The average Bonchev–Trinajstić information content (AvgIpc) is 2.76. The molecule has 0 atom stereocenters. The predicted molar refractivity (Wildman–Crippen MR) is 124 cm³/mol. The molecule has 0 saturated carbocycles. The van der Waals surface area contributed by atoms with Gasteiger partial charge in [-0.25, -0.2) is 9.63 Å². The molecule has 10 heteroatoms. The van der Waals surface area contributed by atoms with Crippen LogP contribution in [0.25, 0.3) is 0 Å². The van der Waals surface area contributed by atoms with E-state index in [-0.39, 0.29) is 27.0 Å². The number of hydrogen-bond acceptors (Lipinski definition) is 6. The van der Waals surface area contributed by atoms with Crippen molar-refractivity contribution in [3.63, 3.8) is 0 Å². The maximum atomic E-state index is 12.4. The Morgan fingerprint density at radius 3 is 2.34 bits per heavy atom. The Morgan fingerprint density at radius 2 is 1.69 bits per heavy atom. The van der Waals surface area contributed by atoms with Gasteiger partial charge in [-0.15, -0.1) is 0 Å². The summed E-state index contributed by atoms with van der Waals surface area (Å²) < 4.78 is 35.2. The average molecular weight is 493 g/mol. The fourth-order valence-electron chi connectivity index (χ4n) is 2.57. The highest BCUT2D eigenvalue weighted by Crippen LogP contribution is 2.29. The Labute approximate surface area is 195 Å². The Balaban J connectivity index is 1.72. The van der Waals surface area contributed by atoms with Crippen LogP contribution in [0.15, 0.2) is 70.7 Å². The molecule has 3 rings (SSSR count). The lowest BCUT2D eigenvalue weighted by molar-refractivity contribution is 0.0729. The third-order valence-corrected chi connectivity index (χ3v) is 6.24. The number of carbonyl (C=O) groups excluding carboxylic acids is 1. The van der Waals surface area contributed by atoms with Gasteiger partial charge in [0.25, 0.3) is 10.0 Å². The van der Waals surface area contributed by atoms with Gasteiger partial charge in [0, 0.05) is 0 Å². The number of benzene rings is 3. The Kier molecular flexibility index (Phi) is 7.40. The van der Waals surface area contributed by atoms with E-state index in [0.717, 1.165) is 5.56 Å². The second-order valence-corrected chi connectivity index (χ2v) is 9.07. The number of carbonyl (C=O) groups is 1. The Hall–Kier alpha value is -3.07. The summed E-state index contributed by atoms with van der Waals surface area (Å²) in [6.45, 7) is 1.86. The number of nitrogens with one attached hydrogen (secondary N) is 1. The van der Waals surface area contributed by atoms with Gasteiger partial charge in [0.1, 0.15) is 0 Å². The Bertz CT molecular complexity index is 1280. The van der Waals surface area contributed by atoms with E-state index in [0.29, 0.717) is 10.6 Å². The lowest BCUT2D eigenvalue weighted by Gasteiger charge is -2.10. The number of methoxy groups -OCH3 is 1. The van der Waals surface area contributed by atoms with Crippen LogP contribution in [0, 0.1) is 6.92 Å². The molecule has 0 aliphatic heterocycles. The standard InChI is InChI=1S/C22H18Cl2N2O5S/c1-14-3-7-17(8-4-14)32(28,29)26-25-13-15-5-10-20(21(11-15)30-2)31-22(27)16-6-9-18(23)19(24)12-16/h3-13,26H,1-2H3. The second-order valence-electron chi connectivity index (χ2n) is 6.59. The number of hydrazone groups is 1. The summed E-state index contributed by atoms with van der Waals surface area (Å²) >= 11 is 11.8. The Morgan fingerprint density at radius 1 is 0.969 bits per heavy atom. The first kappa shape index (κ1) is 23.6. The number of rotatable bonds is 7. The molecule has 1 N–H and O–H groups in total. The highest BCUT2D eigenvalue weighted by molar-refractivity contribution is 7.89. The summed E-state index contributed by atoms with van der Waals surface area (Å²) in [5, 5.41) is 4.34. The molecule has 3 aromatic rings. The van der Waals surface area contributed by atoms with Gasteiger partial charge in [0.15, 0.2) is 11.5 Å². The van der Waals surface area contributed by atoms with E-state index in [1.165, 1.54) is 49.7 Å². The molecule has 32 heavy (non-hydrogen) atoms. The maximum absolute atomic E-state index is 12.4. The largest absolute Gasteiger partial charge is 0.493 e. The number of halogens is 2. The van der Waals surface area contributed by atoms with E-state index >= 15 is 0 Å². The van der Waals surface area contributed by atoms with Crippen molar-refractivity contribution in [1.82, 2.24) is 4.83 Å². The van der Waals surface area contributed by atoms with E-state index in [1.807, 2.05) is 6.92 Å². The quantitative estimate of drug-likeness (QED) is 0.220. The maximum Gasteiger partial charge on any atom is 0.343 e. The van der Waals surface area contributed by atoms with E-state index in [4.69, 9.17) is 32.7 Å². The number of nitrogens with zero attached hydrogens (tertiary/aromatic N) is 1. The van der Waals surface area contributed by atoms with E-state index in [9.17, 15) is 13.2 Å². The van der Waals surface area contributed by atoms with Crippen LogP contribution >= 0.6 is 23.2 Å². The van der Waals surface area contributed by atoms with Gasteiger partial charge in [-0.05, 0) is 61.0 Å². The normalized spacial score (nSPS) is 11.4. The molecule has 0 radical (unpaired) electrons. The summed E-state index contributed by atoms with van der Waals surface area (Å²) in [4.78, 5) is 14.6. The third kappa shape index (κ3) is 5.79. The zero-order valence-electron chi connectivity index (χ0n) is 17.0. The molecule has 0 spiro atoms. The molecule has 0 fully saturated rings. The van der Waals surface area contributed by atoms with Crippen molar-refractivity contribution in [2.45, 2.75) is 11.8 Å². The number of ether oxygens (including phenoxy) is 2. The minimum atomic E-state index is -3.79. The number of aryl methyl sites for hydroxylation is 1. The monoisotopic (exact) mass is 492 g/mol. The molecular weight excluding hydrogens is 475 g/mol. The van der Waals surface area contributed by atoms with Crippen molar-refractivity contribution in [3.8, 4) is 11.5 Å². The van der Waals surface area contributed by atoms with Gasteiger partial charge in [0.2, 0.25) is 0 Å². The van der Waals surface area contributed by atoms with E-state index < -0.39 is 16.0 Å². The molecule has 0 amide bonds. The van der Waals surface area contributed by atoms with Crippen LogP contribution < -0.4 is 14.3 Å². The number of hydrogen-bond donors (Lipinski definition) is 1. The molecule has 0 aliphatic rings. The van der Waals surface area contributed by atoms with Gasteiger partial charge in [0.05, 0.1) is 33.8 Å². The second kappa shape index (κ2) is 10.0. The summed E-state index contributed by atoms with van der Waals surface area (Å²) in [7, 11) is -2.38. The van der Waals surface area contributed by atoms with Crippen LogP contribution in [-0.4, -0.2) is 27.7 Å². The van der Waals surface area contributed by atoms with Crippen molar-refractivity contribution < 1.29 is 22.7 Å². The van der Waals surface area contributed by atoms with Crippen LogP contribution in [0.3, 0.4) is 0 Å². The topological polar surface area (TPSA) is 94.1 Å². The summed E-state index contributed by atoms with van der Waals surface area (Å²) in [5.74, 6) is -0.223. The summed E-state index contributed by atoms with van der Waals surface area (Å²) in [5.41, 5.74) is 1.68. The van der Waals surface area contributed by atoms with Crippen molar-refractivity contribution >= 4 is 45.4 Å². The molecule has 0 bridgehead atoms. The molecular formula is C22H18Cl2N2O5S. The van der Waals surface area contributed by atoms with Crippen LogP contribution in [-0.2, 0) is 10.0 Å².